The lowest BCUT2D eigenvalue weighted by Gasteiger charge is -2.29. The van der Waals surface area contributed by atoms with Crippen molar-refractivity contribution in [2.75, 3.05) is 5.75 Å². The fourth-order valence-corrected chi connectivity index (χ4v) is 5.57. The van der Waals surface area contributed by atoms with E-state index in [4.69, 9.17) is 10.3 Å². The molecule has 0 aliphatic carbocycles. The zero-order valence-electron chi connectivity index (χ0n) is 12.1. The summed E-state index contributed by atoms with van der Waals surface area (Å²) in [5.41, 5.74) is 6.55. The zero-order chi connectivity index (χ0) is 15.0. The van der Waals surface area contributed by atoms with E-state index >= 15 is 0 Å². The Morgan fingerprint density at radius 3 is 2.81 bits per heavy atom. The van der Waals surface area contributed by atoms with Crippen LogP contribution < -0.4 is 5.73 Å². The van der Waals surface area contributed by atoms with Gasteiger partial charge < -0.3 is 10.3 Å². The fourth-order valence-electron chi connectivity index (χ4n) is 1.98. The Balaban J connectivity index is 1.76. The maximum atomic E-state index is 5.83. The minimum atomic E-state index is -0.0706. The molecule has 2 N–H and O–H groups in total. The second kappa shape index (κ2) is 6.28. The van der Waals surface area contributed by atoms with Gasteiger partial charge in [-0.2, -0.15) is 16.7 Å². The molecule has 0 aromatic carbocycles. The summed E-state index contributed by atoms with van der Waals surface area (Å²) in [5, 5.41) is 8.51. The van der Waals surface area contributed by atoms with Crippen LogP contribution in [-0.2, 0) is 0 Å². The van der Waals surface area contributed by atoms with Crippen LogP contribution in [0.1, 0.15) is 42.9 Å². The van der Waals surface area contributed by atoms with Crippen molar-refractivity contribution in [1.82, 2.24) is 15.1 Å². The number of nitrogens with zero attached hydrogens (tertiary/aromatic N) is 3. The molecule has 8 heteroatoms. The monoisotopic (exact) mass is 342 g/mol. The van der Waals surface area contributed by atoms with Gasteiger partial charge in [0.2, 0.25) is 0 Å². The Morgan fingerprint density at radius 1 is 1.33 bits per heavy atom. The lowest BCUT2D eigenvalue weighted by atomic mass is 10.3. The zero-order valence-corrected chi connectivity index (χ0v) is 14.6. The van der Waals surface area contributed by atoms with Crippen molar-refractivity contribution < 1.29 is 4.52 Å². The molecule has 0 saturated carbocycles. The summed E-state index contributed by atoms with van der Waals surface area (Å²) in [5.74, 6) is 2.29. The van der Waals surface area contributed by atoms with E-state index in [0.717, 1.165) is 22.3 Å². The van der Waals surface area contributed by atoms with Crippen molar-refractivity contribution in [2.24, 2.45) is 5.73 Å². The number of nitrogens with two attached hydrogens (primary N) is 1. The molecule has 0 spiro atoms. The highest BCUT2D eigenvalue weighted by molar-refractivity contribution is 8.07. The summed E-state index contributed by atoms with van der Waals surface area (Å²) in [6.07, 6.45) is 0. The van der Waals surface area contributed by atoms with Crippen molar-refractivity contribution in [2.45, 2.75) is 42.6 Å². The average Bonchev–Trinajstić information content (AvgIpc) is 3.09. The van der Waals surface area contributed by atoms with Gasteiger partial charge in [-0.25, -0.2) is 4.98 Å². The third kappa shape index (κ3) is 3.28. The summed E-state index contributed by atoms with van der Waals surface area (Å²) in [6, 6.07) is -0.0706. The molecular weight excluding hydrogens is 324 g/mol. The van der Waals surface area contributed by atoms with Crippen LogP contribution in [0.3, 0.4) is 0 Å². The van der Waals surface area contributed by atoms with Gasteiger partial charge in [-0.05, 0) is 6.92 Å². The minimum Gasteiger partial charge on any atom is -0.332 e. The maximum Gasteiger partial charge on any atom is 0.277 e. The van der Waals surface area contributed by atoms with Crippen LogP contribution in [0.4, 0.5) is 0 Å². The molecule has 3 rings (SSSR count). The molecular formula is C13H18N4OS3. The smallest absolute Gasteiger partial charge is 0.277 e. The minimum absolute atomic E-state index is 0.0706. The average molecular weight is 343 g/mol. The van der Waals surface area contributed by atoms with E-state index in [1.54, 1.807) is 0 Å². The number of aromatic nitrogens is 3. The van der Waals surface area contributed by atoms with Gasteiger partial charge in [-0.1, -0.05) is 19.0 Å². The maximum absolute atomic E-state index is 5.83. The standard InChI is InChI=1S/C13H18N4OS3/c1-6(14)13-15-9(4-20-13)12-16-11(17-18-12)10-5-19-7(2)8(3)21-10/h4,6-8,10H,5,14H2,1-3H3. The van der Waals surface area contributed by atoms with Crippen LogP contribution in [0.15, 0.2) is 9.90 Å². The van der Waals surface area contributed by atoms with E-state index in [9.17, 15) is 0 Å². The molecule has 114 valence electrons. The van der Waals surface area contributed by atoms with Crippen molar-refractivity contribution in [3.8, 4) is 11.6 Å². The Morgan fingerprint density at radius 2 is 2.14 bits per heavy atom. The second-order valence-electron chi connectivity index (χ2n) is 5.19. The number of hydrogen-bond acceptors (Lipinski definition) is 8. The predicted octanol–water partition coefficient (Wildman–Crippen LogP) is 3.51. The molecule has 3 heterocycles. The van der Waals surface area contributed by atoms with E-state index in [-0.39, 0.29) is 6.04 Å². The molecule has 4 unspecified atom stereocenters. The van der Waals surface area contributed by atoms with Crippen molar-refractivity contribution in [3.05, 3.63) is 16.2 Å². The molecule has 21 heavy (non-hydrogen) atoms. The van der Waals surface area contributed by atoms with Crippen LogP contribution in [0.5, 0.6) is 0 Å². The van der Waals surface area contributed by atoms with Crippen molar-refractivity contribution >= 4 is 34.9 Å². The van der Waals surface area contributed by atoms with Crippen LogP contribution in [0.2, 0.25) is 0 Å². The molecule has 1 saturated heterocycles. The molecule has 0 bridgehead atoms. The molecule has 0 amide bonds. The lowest BCUT2D eigenvalue weighted by Crippen LogP contribution is -2.22. The number of hydrogen-bond donors (Lipinski definition) is 1. The summed E-state index contributed by atoms with van der Waals surface area (Å²) >= 11 is 5.42. The highest BCUT2D eigenvalue weighted by Crippen LogP contribution is 2.43. The SMILES string of the molecule is CC(N)c1nc(-c2nc(C3CSC(C)C(C)S3)no2)cs1. The summed E-state index contributed by atoms with van der Waals surface area (Å²) in [7, 11) is 0. The van der Waals surface area contributed by atoms with E-state index in [1.807, 2.05) is 35.8 Å². The topological polar surface area (TPSA) is 77.8 Å². The highest BCUT2D eigenvalue weighted by atomic mass is 32.2. The van der Waals surface area contributed by atoms with Gasteiger partial charge in [0.25, 0.3) is 5.89 Å². The van der Waals surface area contributed by atoms with Gasteiger partial charge in [0.1, 0.15) is 10.7 Å². The molecule has 1 fully saturated rings. The molecule has 4 atom stereocenters. The van der Waals surface area contributed by atoms with Gasteiger partial charge >= 0.3 is 0 Å². The van der Waals surface area contributed by atoms with E-state index in [2.05, 4.69) is 29.0 Å². The van der Waals surface area contributed by atoms with Crippen molar-refractivity contribution in [3.63, 3.8) is 0 Å². The molecule has 0 radical (unpaired) electrons. The van der Waals surface area contributed by atoms with E-state index < -0.39 is 0 Å². The van der Waals surface area contributed by atoms with E-state index in [1.165, 1.54) is 11.3 Å². The Hall–Kier alpha value is -0.570. The summed E-state index contributed by atoms with van der Waals surface area (Å²) < 4.78 is 5.38. The molecule has 2 aromatic rings. The van der Waals surface area contributed by atoms with Crippen LogP contribution in [-0.4, -0.2) is 31.4 Å². The van der Waals surface area contributed by atoms with Crippen LogP contribution in [0, 0.1) is 0 Å². The third-order valence-corrected chi connectivity index (χ3v) is 7.84. The third-order valence-electron chi connectivity index (χ3n) is 3.41. The Kier molecular flexibility index (Phi) is 4.58. The molecule has 1 aliphatic rings. The molecule has 2 aromatic heterocycles. The molecule has 1 aliphatic heterocycles. The molecule has 5 nitrogen and oxygen atoms in total. The van der Waals surface area contributed by atoms with Crippen LogP contribution in [0.25, 0.3) is 11.6 Å². The first kappa shape index (κ1) is 15.3. The van der Waals surface area contributed by atoms with Crippen molar-refractivity contribution in [1.29, 1.82) is 0 Å². The first-order chi connectivity index (χ1) is 10.0. The number of thiazole rings is 1. The fraction of sp³-hybridized carbons (Fsp3) is 0.615. The Labute approximate surface area is 136 Å². The first-order valence-electron chi connectivity index (χ1n) is 6.86. The second-order valence-corrected chi connectivity index (χ2v) is 9.07. The first-order valence-corrected chi connectivity index (χ1v) is 9.73. The quantitative estimate of drug-likeness (QED) is 0.914. The largest absolute Gasteiger partial charge is 0.332 e. The van der Waals surface area contributed by atoms with Gasteiger partial charge in [0, 0.05) is 21.6 Å². The Bertz CT molecular complexity index is 612. The predicted molar refractivity (Wildman–Crippen MR) is 89.7 cm³/mol. The number of thioether (sulfide) groups is 2. The van der Waals surface area contributed by atoms with Gasteiger partial charge in [-0.3, -0.25) is 0 Å². The van der Waals surface area contributed by atoms with Gasteiger partial charge in [-0.15, -0.1) is 23.1 Å². The van der Waals surface area contributed by atoms with Gasteiger partial charge in [0.05, 0.1) is 11.3 Å². The van der Waals surface area contributed by atoms with E-state index in [0.29, 0.717) is 21.6 Å². The van der Waals surface area contributed by atoms with Crippen LogP contribution >= 0.6 is 34.9 Å². The lowest BCUT2D eigenvalue weighted by molar-refractivity contribution is 0.422. The van der Waals surface area contributed by atoms with Gasteiger partial charge in [0.15, 0.2) is 5.82 Å². The summed E-state index contributed by atoms with van der Waals surface area (Å²) in [4.78, 5) is 8.98. The summed E-state index contributed by atoms with van der Waals surface area (Å²) in [6.45, 7) is 6.44. The highest BCUT2D eigenvalue weighted by Gasteiger charge is 2.30. The number of rotatable bonds is 3. The normalized spacial score (nSPS) is 27.7.